The molecule has 0 aromatic rings. The van der Waals surface area contributed by atoms with Crippen molar-refractivity contribution in [2.45, 2.75) is 69.5 Å². The highest BCUT2D eigenvalue weighted by molar-refractivity contribution is 5.17. The molecule has 7 unspecified atom stereocenters. The summed E-state index contributed by atoms with van der Waals surface area (Å²) in [6.45, 7) is 1.27. The van der Waals surface area contributed by atoms with Crippen LogP contribution in [0.2, 0.25) is 0 Å². The summed E-state index contributed by atoms with van der Waals surface area (Å²) in [5.41, 5.74) is 0. The van der Waals surface area contributed by atoms with Gasteiger partial charge in [0.15, 0.2) is 0 Å². The third-order valence-electron chi connectivity index (χ3n) is 7.33. The second-order valence-electron chi connectivity index (χ2n) is 8.08. The fourth-order valence-electron chi connectivity index (χ4n) is 6.55. The summed E-state index contributed by atoms with van der Waals surface area (Å²) in [4.78, 5) is 0. The summed E-state index contributed by atoms with van der Waals surface area (Å²) in [6.07, 6.45) is 11.9. The van der Waals surface area contributed by atoms with Crippen LogP contribution in [0.3, 0.4) is 0 Å². The monoisotopic (exact) mass is 260 g/mol. The van der Waals surface area contributed by atoms with Crippen molar-refractivity contribution >= 4 is 0 Å². The lowest BCUT2D eigenvalue weighted by molar-refractivity contribution is 0.302. The van der Waals surface area contributed by atoms with Crippen LogP contribution in [0.25, 0.3) is 0 Å². The average molecular weight is 260 g/mol. The van der Waals surface area contributed by atoms with E-state index in [-0.39, 0.29) is 0 Å². The summed E-state index contributed by atoms with van der Waals surface area (Å²) in [6, 6.07) is 2.64. The first-order valence-electron chi connectivity index (χ1n) is 8.91. The molecule has 0 aromatic carbocycles. The van der Waals surface area contributed by atoms with Gasteiger partial charge in [0.1, 0.15) is 0 Å². The van der Waals surface area contributed by atoms with Crippen LogP contribution in [0.4, 0.5) is 0 Å². The maximum atomic E-state index is 4.14. The first-order valence-corrected chi connectivity index (χ1v) is 8.91. The number of rotatable bonds is 3. The molecule has 5 aliphatic rings. The van der Waals surface area contributed by atoms with Gasteiger partial charge in [0.05, 0.1) is 0 Å². The first kappa shape index (κ1) is 11.6. The molecule has 0 spiro atoms. The Morgan fingerprint density at radius 2 is 1.68 bits per heavy atom. The first-order chi connectivity index (χ1) is 9.42. The van der Waals surface area contributed by atoms with Crippen molar-refractivity contribution in [3.8, 4) is 0 Å². The summed E-state index contributed by atoms with van der Waals surface area (Å²) in [5, 5.41) is 7.91. The molecule has 1 heterocycles. The van der Waals surface area contributed by atoms with Gasteiger partial charge in [0.2, 0.25) is 0 Å². The van der Waals surface area contributed by atoms with Gasteiger partial charge in [-0.15, -0.1) is 0 Å². The minimum absolute atomic E-state index is 0.843. The number of fused-ring (bicyclic) bond motifs is 5. The van der Waals surface area contributed by atoms with Gasteiger partial charge in [-0.1, -0.05) is 6.42 Å². The van der Waals surface area contributed by atoms with Crippen LogP contribution in [0, 0.1) is 29.6 Å². The maximum Gasteiger partial charge on any atom is 0.0138 e. The molecular weight excluding hydrogens is 232 g/mol. The highest BCUT2D eigenvalue weighted by Gasteiger charge is 2.65. The standard InChI is InChI=1S/C17H28N2/c1-3-12(13-5-2-8-18-13)14(4-1)19-17-15-10-6-7-11(9-10)16(15)17/h10-19H,1-9H2. The Bertz CT molecular complexity index is 346. The van der Waals surface area contributed by atoms with Crippen molar-refractivity contribution in [3.63, 3.8) is 0 Å². The number of hydrogen-bond acceptors (Lipinski definition) is 2. The van der Waals surface area contributed by atoms with E-state index in [1.807, 2.05) is 0 Å². The summed E-state index contributed by atoms with van der Waals surface area (Å²) >= 11 is 0. The Balaban J connectivity index is 1.25. The molecule has 4 saturated carbocycles. The molecule has 19 heavy (non-hydrogen) atoms. The molecule has 2 N–H and O–H groups in total. The van der Waals surface area contributed by atoms with E-state index in [0.717, 1.165) is 47.7 Å². The highest BCUT2D eigenvalue weighted by Crippen LogP contribution is 2.65. The highest BCUT2D eigenvalue weighted by atomic mass is 15.1. The van der Waals surface area contributed by atoms with Crippen molar-refractivity contribution in [1.82, 2.24) is 10.6 Å². The van der Waals surface area contributed by atoms with Crippen LogP contribution in [-0.4, -0.2) is 24.7 Å². The minimum atomic E-state index is 0.843. The molecule has 106 valence electrons. The Hall–Kier alpha value is -0.0800. The van der Waals surface area contributed by atoms with Crippen LogP contribution in [0.5, 0.6) is 0 Å². The van der Waals surface area contributed by atoms with Crippen LogP contribution >= 0.6 is 0 Å². The normalized spacial score (nSPS) is 58.7. The van der Waals surface area contributed by atoms with Crippen LogP contribution in [-0.2, 0) is 0 Å². The van der Waals surface area contributed by atoms with Gasteiger partial charge in [-0.3, -0.25) is 0 Å². The topological polar surface area (TPSA) is 24.1 Å². The fraction of sp³-hybridized carbons (Fsp3) is 1.00. The van der Waals surface area contributed by atoms with Crippen molar-refractivity contribution < 1.29 is 0 Å². The van der Waals surface area contributed by atoms with E-state index in [1.54, 1.807) is 19.3 Å². The lowest BCUT2D eigenvalue weighted by Gasteiger charge is -2.27. The smallest absolute Gasteiger partial charge is 0.0138 e. The zero-order valence-electron chi connectivity index (χ0n) is 12.0. The molecule has 0 radical (unpaired) electrons. The molecule has 2 bridgehead atoms. The minimum Gasteiger partial charge on any atom is -0.314 e. The SMILES string of the molecule is C1CNC(C2CCCC2NC2C3C4CCC(C4)C23)C1. The molecule has 7 atom stereocenters. The van der Waals surface area contributed by atoms with E-state index in [1.165, 1.54) is 38.6 Å². The van der Waals surface area contributed by atoms with E-state index in [2.05, 4.69) is 10.6 Å². The van der Waals surface area contributed by atoms with Crippen molar-refractivity contribution in [2.24, 2.45) is 29.6 Å². The van der Waals surface area contributed by atoms with Crippen LogP contribution in [0.15, 0.2) is 0 Å². The van der Waals surface area contributed by atoms with Gasteiger partial charge in [-0.25, -0.2) is 0 Å². The molecule has 4 aliphatic carbocycles. The molecule has 2 nitrogen and oxygen atoms in total. The van der Waals surface area contributed by atoms with Crippen molar-refractivity contribution in [3.05, 3.63) is 0 Å². The Morgan fingerprint density at radius 3 is 2.42 bits per heavy atom. The van der Waals surface area contributed by atoms with E-state index in [0.29, 0.717) is 0 Å². The quantitative estimate of drug-likeness (QED) is 0.815. The third kappa shape index (κ3) is 1.68. The van der Waals surface area contributed by atoms with Gasteiger partial charge in [-0.05, 0) is 81.1 Å². The molecule has 1 aliphatic heterocycles. The zero-order valence-corrected chi connectivity index (χ0v) is 12.0. The maximum absolute atomic E-state index is 4.14. The third-order valence-corrected chi connectivity index (χ3v) is 7.33. The number of nitrogens with one attached hydrogen (secondary N) is 2. The van der Waals surface area contributed by atoms with Gasteiger partial charge in [0, 0.05) is 18.1 Å². The van der Waals surface area contributed by atoms with Gasteiger partial charge in [-0.2, -0.15) is 0 Å². The van der Waals surface area contributed by atoms with Crippen molar-refractivity contribution in [1.29, 1.82) is 0 Å². The Labute approximate surface area is 117 Å². The second kappa shape index (κ2) is 4.21. The molecule has 5 rings (SSSR count). The van der Waals surface area contributed by atoms with E-state index in [4.69, 9.17) is 0 Å². The second-order valence-corrected chi connectivity index (χ2v) is 8.08. The summed E-state index contributed by atoms with van der Waals surface area (Å²) in [5.74, 6) is 5.41. The van der Waals surface area contributed by atoms with Crippen molar-refractivity contribution in [2.75, 3.05) is 6.54 Å². The predicted octanol–water partition coefficient (Wildman–Crippen LogP) is 2.54. The summed E-state index contributed by atoms with van der Waals surface area (Å²) < 4.78 is 0. The van der Waals surface area contributed by atoms with E-state index in [9.17, 15) is 0 Å². The van der Waals surface area contributed by atoms with Crippen LogP contribution < -0.4 is 10.6 Å². The Kier molecular flexibility index (Phi) is 2.56. The van der Waals surface area contributed by atoms with Gasteiger partial charge in [0.25, 0.3) is 0 Å². The van der Waals surface area contributed by atoms with E-state index < -0.39 is 0 Å². The summed E-state index contributed by atoms with van der Waals surface area (Å²) in [7, 11) is 0. The predicted molar refractivity (Wildman–Crippen MR) is 76.9 cm³/mol. The largest absolute Gasteiger partial charge is 0.314 e. The fourth-order valence-corrected chi connectivity index (χ4v) is 6.55. The molecule has 0 amide bonds. The average Bonchev–Trinajstić information content (AvgIpc) is 3.00. The lowest BCUT2D eigenvalue weighted by Crippen LogP contribution is -2.44. The zero-order chi connectivity index (χ0) is 12.4. The van der Waals surface area contributed by atoms with Gasteiger partial charge >= 0.3 is 0 Å². The molecule has 1 saturated heterocycles. The molecule has 5 fully saturated rings. The Morgan fingerprint density at radius 1 is 0.842 bits per heavy atom. The molecule has 2 heteroatoms. The van der Waals surface area contributed by atoms with Crippen LogP contribution in [0.1, 0.15) is 51.4 Å². The lowest BCUT2D eigenvalue weighted by atomic mass is 9.92. The number of hydrogen-bond donors (Lipinski definition) is 2. The van der Waals surface area contributed by atoms with Gasteiger partial charge < -0.3 is 10.6 Å². The molecule has 0 aromatic heterocycles. The molecular formula is C17H28N2. The van der Waals surface area contributed by atoms with E-state index >= 15 is 0 Å².